The third-order valence-corrected chi connectivity index (χ3v) is 2.10. The molecular formula is C11H17O2-. The summed E-state index contributed by atoms with van der Waals surface area (Å²) in [6.07, 6.45) is 10.4. The van der Waals surface area contributed by atoms with E-state index in [1.54, 1.807) is 0 Å². The van der Waals surface area contributed by atoms with E-state index in [-0.39, 0.29) is 0 Å². The lowest BCUT2D eigenvalue weighted by molar-refractivity contribution is -0.311. The molecule has 0 aromatic carbocycles. The summed E-state index contributed by atoms with van der Waals surface area (Å²) in [6, 6.07) is 0. The molecule has 2 nitrogen and oxygen atoms in total. The van der Waals surface area contributed by atoms with Gasteiger partial charge in [0, 0.05) is 18.3 Å². The first kappa shape index (κ1) is 12.0. The molecular weight excluding hydrogens is 164 g/mol. The molecule has 0 aromatic heterocycles. The number of terminal acetylenes is 1. The minimum Gasteiger partial charge on any atom is -0.550 e. The van der Waals surface area contributed by atoms with Gasteiger partial charge in [0.1, 0.15) is 0 Å². The predicted octanol–water partition coefficient (Wildman–Crippen LogP) is 1.35. The van der Waals surface area contributed by atoms with E-state index in [9.17, 15) is 9.90 Å². The van der Waals surface area contributed by atoms with Gasteiger partial charge in [-0.15, -0.1) is 12.3 Å². The van der Waals surface area contributed by atoms with Gasteiger partial charge in [-0.05, 0) is 6.42 Å². The monoisotopic (exact) mass is 181 g/mol. The summed E-state index contributed by atoms with van der Waals surface area (Å²) in [6.45, 7) is 2.12. The molecule has 0 radical (unpaired) electrons. The van der Waals surface area contributed by atoms with Crippen molar-refractivity contribution in [2.75, 3.05) is 0 Å². The molecule has 0 aliphatic carbocycles. The summed E-state index contributed by atoms with van der Waals surface area (Å²) in [4.78, 5) is 10.5. The Morgan fingerprint density at radius 2 is 2.15 bits per heavy atom. The van der Waals surface area contributed by atoms with Crippen LogP contribution in [-0.4, -0.2) is 5.97 Å². The molecule has 13 heavy (non-hydrogen) atoms. The van der Waals surface area contributed by atoms with Crippen LogP contribution >= 0.6 is 0 Å². The Hall–Kier alpha value is -0.970. The molecule has 0 heterocycles. The number of carbonyl (C=O) groups excluding carboxylic acids is 1. The Bertz CT molecular complexity index is 179. The second-order valence-corrected chi connectivity index (χ2v) is 3.27. The van der Waals surface area contributed by atoms with Crippen molar-refractivity contribution in [1.82, 2.24) is 0 Å². The van der Waals surface area contributed by atoms with Crippen LogP contribution in [0, 0.1) is 18.3 Å². The minimum atomic E-state index is -1.01. The van der Waals surface area contributed by atoms with Gasteiger partial charge in [-0.3, -0.25) is 0 Å². The van der Waals surface area contributed by atoms with E-state index < -0.39 is 11.9 Å². The molecule has 0 aliphatic heterocycles. The van der Waals surface area contributed by atoms with Crippen LogP contribution in [-0.2, 0) is 4.79 Å². The summed E-state index contributed by atoms with van der Waals surface area (Å²) in [7, 11) is 0. The smallest absolute Gasteiger partial charge is 0.0454 e. The van der Waals surface area contributed by atoms with Crippen LogP contribution in [0.2, 0.25) is 0 Å². The summed E-state index contributed by atoms with van der Waals surface area (Å²) in [5.74, 6) is 0.921. The molecule has 0 amide bonds. The van der Waals surface area contributed by atoms with Crippen molar-refractivity contribution in [3.05, 3.63) is 0 Å². The fraction of sp³-hybridized carbons (Fsp3) is 0.727. The van der Waals surface area contributed by atoms with E-state index in [0.717, 1.165) is 25.7 Å². The second kappa shape index (κ2) is 7.67. The number of carboxylic acid groups (broad SMARTS) is 1. The van der Waals surface area contributed by atoms with Gasteiger partial charge in [-0.1, -0.05) is 32.6 Å². The van der Waals surface area contributed by atoms with E-state index in [1.165, 1.54) is 0 Å². The Labute approximate surface area is 80.3 Å². The molecule has 74 valence electrons. The van der Waals surface area contributed by atoms with Crippen LogP contribution in [0.25, 0.3) is 0 Å². The summed E-state index contributed by atoms with van der Waals surface area (Å²) in [5, 5.41) is 10.5. The van der Waals surface area contributed by atoms with Gasteiger partial charge in [0.2, 0.25) is 0 Å². The summed E-state index contributed by atoms with van der Waals surface area (Å²) in [5.41, 5.74) is 0. The van der Waals surface area contributed by atoms with Gasteiger partial charge in [0.25, 0.3) is 0 Å². The molecule has 2 heteroatoms. The maximum atomic E-state index is 10.5. The fourth-order valence-corrected chi connectivity index (χ4v) is 1.26. The van der Waals surface area contributed by atoms with Gasteiger partial charge < -0.3 is 9.90 Å². The number of aliphatic carboxylic acids is 1. The topological polar surface area (TPSA) is 40.1 Å². The third-order valence-electron chi connectivity index (χ3n) is 2.10. The maximum Gasteiger partial charge on any atom is 0.0454 e. The second-order valence-electron chi connectivity index (χ2n) is 3.27. The SMILES string of the molecule is C#CC[C@H](CCCCCC)C(=O)[O-]. The molecule has 1 atom stereocenters. The largest absolute Gasteiger partial charge is 0.550 e. The molecule has 0 fully saturated rings. The number of hydrogen-bond acceptors (Lipinski definition) is 2. The minimum absolute atomic E-state index is 0.300. The van der Waals surface area contributed by atoms with Gasteiger partial charge in [-0.25, -0.2) is 0 Å². The van der Waals surface area contributed by atoms with Crippen LogP contribution < -0.4 is 5.11 Å². The molecule has 0 aliphatic rings. The number of rotatable bonds is 7. The van der Waals surface area contributed by atoms with E-state index in [2.05, 4.69) is 12.8 Å². The molecule has 0 rings (SSSR count). The average molecular weight is 181 g/mol. The Kier molecular flexibility index (Phi) is 7.10. The number of hydrogen-bond donors (Lipinski definition) is 0. The van der Waals surface area contributed by atoms with Crippen LogP contribution in [0.4, 0.5) is 0 Å². The zero-order valence-corrected chi connectivity index (χ0v) is 8.21. The zero-order valence-electron chi connectivity index (χ0n) is 8.21. The van der Waals surface area contributed by atoms with Crippen molar-refractivity contribution in [1.29, 1.82) is 0 Å². The third kappa shape index (κ3) is 6.21. The van der Waals surface area contributed by atoms with Crippen LogP contribution in [0.5, 0.6) is 0 Å². The summed E-state index contributed by atoms with van der Waals surface area (Å²) < 4.78 is 0. The van der Waals surface area contributed by atoms with Gasteiger partial charge in [0.15, 0.2) is 0 Å². The van der Waals surface area contributed by atoms with Crippen molar-refractivity contribution in [3.63, 3.8) is 0 Å². The van der Waals surface area contributed by atoms with Crippen LogP contribution in [0.3, 0.4) is 0 Å². The van der Waals surface area contributed by atoms with Crippen molar-refractivity contribution >= 4 is 5.97 Å². The lowest BCUT2D eigenvalue weighted by atomic mass is 9.98. The highest BCUT2D eigenvalue weighted by atomic mass is 16.4. The predicted molar refractivity (Wildman–Crippen MR) is 50.7 cm³/mol. The Morgan fingerprint density at radius 1 is 1.46 bits per heavy atom. The van der Waals surface area contributed by atoms with Gasteiger partial charge >= 0.3 is 0 Å². The highest BCUT2D eigenvalue weighted by Crippen LogP contribution is 2.13. The van der Waals surface area contributed by atoms with Gasteiger partial charge in [-0.2, -0.15) is 0 Å². The van der Waals surface area contributed by atoms with E-state index in [4.69, 9.17) is 6.42 Å². The lowest BCUT2D eigenvalue weighted by Crippen LogP contribution is -2.31. The highest BCUT2D eigenvalue weighted by Gasteiger charge is 2.07. The molecule has 0 bridgehead atoms. The number of carboxylic acids is 1. The Balaban J connectivity index is 3.58. The van der Waals surface area contributed by atoms with Crippen LogP contribution in [0.1, 0.15) is 45.4 Å². The molecule has 0 unspecified atom stereocenters. The molecule has 0 saturated carbocycles. The zero-order chi connectivity index (χ0) is 10.1. The number of carbonyl (C=O) groups is 1. The van der Waals surface area contributed by atoms with Crippen molar-refractivity contribution in [2.45, 2.75) is 45.4 Å². The van der Waals surface area contributed by atoms with Gasteiger partial charge in [0.05, 0.1) is 0 Å². The van der Waals surface area contributed by atoms with E-state index in [1.807, 2.05) is 0 Å². The normalized spacial score (nSPS) is 12.0. The maximum absolute atomic E-state index is 10.5. The average Bonchev–Trinajstić information content (AvgIpc) is 2.10. The van der Waals surface area contributed by atoms with E-state index >= 15 is 0 Å². The lowest BCUT2D eigenvalue weighted by Gasteiger charge is -2.14. The quantitative estimate of drug-likeness (QED) is 0.439. The standard InChI is InChI=1S/C11H18O2/c1-3-5-6-7-9-10(8-4-2)11(12)13/h2,10H,3,5-9H2,1H3,(H,12,13)/p-1/t10-/m1/s1. The van der Waals surface area contributed by atoms with Crippen molar-refractivity contribution < 1.29 is 9.90 Å². The molecule has 0 aromatic rings. The first-order chi connectivity index (χ1) is 6.22. The van der Waals surface area contributed by atoms with E-state index in [0.29, 0.717) is 12.8 Å². The Morgan fingerprint density at radius 3 is 2.62 bits per heavy atom. The van der Waals surface area contributed by atoms with Crippen molar-refractivity contribution in [3.8, 4) is 12.3 Å². The first-order valence-electron chi connectivity index (χ1n) is 4.86. The first-order valence-corrected chi connectivity index (χ1v) is 4.86. The number of unbranched alkanes of at least 4 members (excludes halogenated alkanes) is 3. The highest BCUT2D eigenvalue weighted by molar-refractivity contribution is 5.67. The molecule has 0 saturated heterocycles. The van der Waals surface area contributed by atoms with Crippen molar-refractivity contribution in [2.24, 2.45) is 5.92 Å². The van der Waals surface area contributed by atoms with Crippen LogP contribution in [0.15, 0.2) is 0 Å². The molecule has 0 spiro atoms. The summed E-state index contributed by atoms with van der Waals surface area (Å²) >= 11 is 0. The fourth-order valence-electron chi connectivity index (χ4n) is 1.26. The molecule has 0 N–H and O–H groups in total.